The zero-order valence-electron chi connectivity index (χ0n) is 10.5. The van der Waals surface area contributed by atoms with Gasteiger partial charge in [0.15, 0.2) is 0 Å². The van der Waals surface area contributed by atoms with Crippen molar-refractivity contribution in [2.75, 3.05) is 20.7 Å². The topological polar surface area (TPSA) is 50.4 Å². The van der Waals surface area contributed by atoms with E-state index in [4.69, 9.17) is 4.74 Å². The number of carbonyl (C=O) groups is 1. The number of hydrogen-bond acceptors (Lipinski definition) is 3. The Kier molecular flexibility index (Phi) is 8.79. The lowest BCUT2D eigenvalue weighted by atomic mass is 10.2. The van der Waals surface area contributed by atoms with Gasteiger partial charge in [0.2, 0.25) is 5.91 Å². The van der Waals surface area contributed by atoms with E-state index in [1.54, 1.807) is 7.11 Å². The highest BCUT2D eigenvalue weighted by Crippen LogP contribution is 2.22. The van der Waals surface area contributed by atoms with Crippen LogP contribution in [0.4, 0.5) is 0 Å². The Hall–Kier alpha value is -0.780. The van der Waals surface area contributed by atoms with Crippen LogP contribution in [0.3, 0.4) is 0 Å². The first-order valence-electron chi connectivity index (χ1n) is 5.41. The number of nitrogens with one attached hydrogen (secondary N) is 2. The molecular formula is C12H18BrClN2O2. The maximum absolute atomic E-state index is 11.4. The minimum Gasteiger partial charge on any atom is -0.497 e. The van der Waals surface area contributed by atoms with Crippen molar-refractivity contribution < 1.29 is 9.53 Å². The van der Waals surface area contributed by atoms with Gasteiger partial charge in [-0.15, -0.1) is 12.4 Å². The van der Waals surface area contributed by atoms with Crippen LogP contribution in [-0.4, -0.2) is 26.6 Å². The average molecular weight is 338 g/mol. The van der Waals surface area contributed by atoms with Gasteiger partial charge < -0.3 is 15.4 Å². The fraction of sp³-hybridized carbons (Fsp3) is 0.417. The fourth-order valence-corrected chi connectivity index (χ4v) is 1.72. The smallest absolute Gasteiger partial charge is 0.221 e. The molecule has 0 aliphatic heterocycles. The third-order valence-electron chi connectivity index (χ3n) is 2.33. The molecule has 0 atom stereocenters. The molecule has 6 heteroatoms. The van der Waals surface area contributed by atoms with Gasteiger partial charge in [0.05, 0.1) is 7.11 Å². The van der Waals surface area contributed by atoms with Crippen LogP contribution in [0.15, 0.2) is 22.7 Å². The molecule has 0 aliphatic rings. The summed E-state index contributed by atoms with van der Waals surface area (Å²) in [5.41, 5.74) is 1.00. The maximum atomic E-state index is 11.4. The monoisotopic (exact) mass is 336 g/mol. The van der Waals surface area contributed by atoms with Gasteiger partial charge in [-0.05, 0) is 30.8 Å². The molecule has 102 valence electrons. The standard InChI is InChI=1S/C12H17BrN2O2.ClH/c1-14-6-5-12(16)15-8-9-7-10(17-2)3-4-11(9)13;/h3-4,7,14H,5-6,8H2,1-2H3,(H,15,16);1H. The highest BCUT2D eigenvalue weighted by atomic mass is 79.9. The number of hydrogen-bond donors (Lipinski definition) is 2. The SMILES string of the molecule is CNCCC(=O)NCc1cc(OC)ccc1Br.Cl. The zero-order chi connectivity index (χ0) is 12.7. The van der Waals surface area contributed by atoms with E-state index in [0.717, 1.165) is 15.8 Å². The van der Waals surface area contributed by atoms with E-state index in [2.05, 4.69) is 26.6 Å². The number of ether oxygens (including phenoxy) is 1. The van der Waals surface area contributed by atoms with E-state index in [9.17, 15) is 4.79 Å². The Morgan fingerprint density at radius 3 is 2.78 bits per heavy atom. The van der Waals surface area contributed by atoms with Crippen molar-refractivity contribution in [1.29, 1.82) is 0 Å². The molecule has 0 heterocycles. The molecule has 0 spiro atoms. The fourth-order valence-electron chi connectivity index (χ4n) is 1.33. The number of methoxy groups -OCH3 is 1. The number of rotatable bonds is 6. The Morgan fingerprint density at radius 2 is 2.17 bits per heavy atom. The minimum absolute atomic E-state index is 0. The molecule has 0 aliphatic carbocycles. The molecule has 1 aromatic carbocycles. The average Bonchev–Trinajstić information content (AvgIpc) is 2.35. The first-order valence-corrected chi connectivity index (χ1v) is 6.20. The summed E-state index contributed by atoms with van der Waals surface area (Å²) < 4.78 is 6.10. The van der Waals surface area contributed by atoms with Crippen molar-refractivity contribution in [3.05, 3.63) is 28.2 Å². The summed E-state index contributed by atoms with van der Waals surface area (Å²) in [6, 6.07) is 5.69. The van der Waals surface area contributed by atoms with E-state index in [0.29, 0.717) is 19.5 Å². The molecule has 0 bridgehead atoms. The second-order valence-electron chi connectivity index (χ2n) is 3.59. The van der Waals surface area contributed by atoms with Gasteiger partial charge in [-0.25, -0.2) is 0 Å². The molecule has 1 amide bonds. The van der Waals surface area contributed by atoms with Crippen LogP contribution in [-0.2, 0) is 11.3 Å². The molecule has 0 saturated carbocycles. The van der Waals surface area contributed by atoms with Crippen LogP contribution in [0.1, 0.15) is 12.0 Å². The van der Waals surface area contributed by atoms with Crippen molar-refractivity contribution in [2.45, 2.75) is 13.0 Å². The molecule has 18 heavy (non-hydrogen) atoms. The lowest BCUT2D eigenvalue weighted by molar-refractivity contribution is -0.121. The number of benzene rings is 1. The van der Waals surface area contributed by atoms with Gasteiger partial charge in [-0.3, -0.25) is 4.79 Å². The van der Waals surface area contributed by atoms with Gasteiger partial charge in [-0.1, -0.05) is 15.9 Å². The predicted octanol–water partition coefficient (Wildman–Crippen LogP) is 2.11. The predicted molar refractivity (Wildman–Crippen MR) is 78.3 cm³/mol. The lowest BCUT2D eigenvalue weighted by Crippen LogP contribution is -2.26. The lowest BCUT2D eigenvalue weighted by Gasteiger charge is -2.09. The van der Waals surface area contributed by atoms with Crippen molar-refractivity contribution in [3.63, 3.8) is 0 Å². The Balaban J connectivity index is 0.00000289. The Bertz CT molecular complexity index is 388. The normalized spacial score (nSPS) is 9.50. The number of carbonyl (C=O) groups excluding carboxylic acids is 1. The van der Waals surface area contributed by atoms with Gasteiger partial charge in [0.1, 0.15) is 5.75 Å². The van der Waals surface area contributed by atoms with Crippen LogP contribution in [0, 0.1) is 0 Å². The molecule has 0 fully saturated rings. The number of amides is 1. The molecular weight excluding hydrogens is 320 g/mol. The van der Waals surface area contributed by atoms with Gasteiger partial charge in [0.25, 0.3) is 0 Å². The van der Waals surface area contributed by atoms with E-state index in [1.165, 1.54) is 0 Å². The summed E-state index contributed by atoms with van der Waals surface area (Å²) in [4.78, 5) is 11.4. The maximum Gasteiger partial charge on any atom is 0.221 e. The molecule has 4 nitrogen and oxygen atoms in total. The molecule has 0 unspecified atom stereocenters. The third-order valence-corrected chi connectivity index (χ3v) is 3.10. The van der Waals surface area contributed by atoms with E-state index >= 15 is 0 Å². The summed E-state index contributed by atoms with van der Waals surface area (Å²) >= 11 is 3.44. The van der Waals surface area contributed by atoms with Crippen molar-refractivity contribution >= 4 is 34.2 Å². The van der Waals surface area contributed by atoms with E-state index in [1.807, 2.05) is 25.2 Å². The van der Waals surface area contributed by atoms with E-state index < -0.39 is 0 Å². The third kappa shape index (κ3) is 5.71. The van der Waals surface area contributed by atoms with Crippen molar-refractivity contribution in [1.82, 2.24) is 10.6 Å². The molecule has 0 saturated heterocycles. The first kappa shape index (κ1) is 17.2. The van der Waals surface area contributed by atoms with Crippen LogP contribution >= 0.6 is 28.3 Å². The van der Waals surface area contributed by atoms with E-state index in [-0.39, 0.29) is 18.3 Å². The first-order chi connectivity index (χ1) is 8.17. The summed E-state index contributed by atoms with van der Waals surface area (Å²) in [5, 5.41) is 5.80. The largest absolute Gasteiger partial charge is 0.497 e. The summed E-state index contributed by atoms with van der Waals surface area (Å²) in [7, 11) is 3.45. The second kappa shape index (κ2) is 9.19. The Morgan fingerprint density at radius 1 is 1.44 bits per heavy atom. The van der Waals surface area contributed by atoms with Crippen LogP contribution in [0.5, 0.6) is 5.75 Å². The highest BCUT2D eigenvalue weighted by Gasteiger charge is 2.04. The van der Waals surface area contributed by atoms with Crippen LogP contribution in [0.2, 0.25) is 0 Å². The quantitative estimate of drug-likeness (QED) is 0.836. The minimum atomic E-state index is 0. The summed E-state index contributed by atoms with van der Waals surface area (Å²) in [6.45, 7) is 1.19. The molecule has 0 radical (unpaired) electrons. The molecule has 1 rings (SSSR count). The van der Waals surface area contributed by atoms with Gasteiger partial charge in [0, 0.05) is 24.0 Å². The van der Waals surface area contributed by atoms with Crippen LogP contribution in [0.25, 0.3) is 0 Å². The van der Waals surface area contributed by atoms with Gasteiger partial charge >= 0.3 is 0 Å². The van der Waals surface area contributed by atoms with Crippen LogP contribution < -0.4 is 15.4 Å². The van der Waals surface area contributed by atoms with Gasteiger partial charge in [-0.2, -0.15) is 0 Å². The van der Waals surface area contributed by atoms with Crippen molar-refractivity contribution in [3.8, 4) is 5.75 Å². The molecule has 1 aromatic rings. The summed E-state index contributed by atoms with van der Waals surface area (Å²) in [6.07, 6.45) is 0.484. The number of halogens is 2. The summed E-state index contributed by atoms with van der Waals surface area (Å²) in [5.74, 6) is 0.821. The molecule has 2 N–H and O–H groups in total. The van der Waals surface area contributed by atoms with Crippen molar-refractivity contribution in [2.24, 2.45) is 0 Å². The Labute approximate surface area is 122 Å². The molecule has 0 aromatic heterocycles. The zero-order valence-corrected chi connectivity index (χ0v) is 12.9. The second-order valence-corrected chi connectivity index (χ2v) is 4.44. The highest BCUT2D eigenvalue weighted by molar-refractivity contribution is 9.10.